The second-order valence-electron chi connectivity index (χ2n) is 3.57. The lowest BCUT2D eigenvalue weighted by atomic mass is 10.0. The molecule has 0 aliphatic heterocycles. The summed E-state index contributed by atoms with van der Waals surface area (Å²) in [7, 11) is 0. The summed E-state index contributed by atoms with van der Waals surface area (Å²) >= 11 is 8.00. The van der Waals surface area contributed by atoms with Gasteiger partial charge in [0.25, 0.3) is 0 Å². The van der Waals surface area contributed by atoms with Crippen LogP contribution < -0.4 is 0 Å². The van der Waals surface area contributed by atoms with E-state index >= 15 is 0 Å². The van der Waals surface area contributed by atoms with E-state index in [1.807, 2.05) is 59.3 Å². The Labute approximate surface area is 119 Å². The largest absolute Gasteiger partial charge is 0.265 e. The van der Waals surface area contributed by atoms with Crippen molar-refractivity contribution in [1.29, 1.82) is 0 Å². The fourth-order valence-corrected chi connectivity index (χ4v) is 2.18. The summed E-state index contributed by atoms with van der Waals surface area (Å²) in [6, 6.07) is 11.7. The molecular formula is C13H10ClIN2. The Hall–Kier alpha value is -0.940. The van der Waals surface area contributed by atoms with Crippen molar-refractivity contribution in [3.63, 3.8) is 0 Å². The van der Waals surface area contributed by atoms with Gasteiger partial charge in [0.1, 0.15) is 0 Å². The highest BCUT2D eigenvalue weighted by molar-refractivity contribution is 14.1. The predicted molar refractivity (Wildman–Crippen MR) is 80.0 cm³/mol. The van der Waals surface area contributed by atoms with E-state index in [2.05, 4.69) is 8.19 Å². The topological polar surface area (TPSA) is 25.2 Å². The SMILES string of the molecule is Clc1cccc(C(Cc2ccncc2)=NI)c1. The molecule has 4 heteroatoms. The van der Waals surface area contributed by atoms with Crippen LogP contribution in [0.4, 0.5) is 0 Å². The van der Waals surface area contributed by atoms with Crippen molar-refractivity contribution in [2.45, 2.75) is 6.42 Å². The molecule has 2 rings (SSSR count). The molecule has 0 atom stereocenters. The minimum atomic E-state index is 0.731. The van der Waals surface area contributed by atoms with Crippen LogP contribution in [0.15, 0.2) is 52.0 Å². The van der Waals surface area contributed by atoms with Gasteiger partial charge < -0.3 is 0 Å². The normalized spacial score (nSPS) is 11.5. The van der Waals surface area contributed by atoms with Gasteiger partial charge in [-0.3, -0.25) is 4.98 Å². The number of hydrogen-bond donors (Lipinski definition) is 0. The lowest BCUT2D eigenvalue weighted by Gasteiger charge is -2.05. The van der Waals surface area contributed by atoms with Crippen LogP contribution in [0.2, 0.25) is 5.02 Å². The second kappa shape index (κ2) is 6.12. The molecule has 0 amide bonds. The molecule has 0 bridgehead atoms. The Bertz CT molecular complexity index is 526. The van der Waals surface area contributed by atoms with Gasteiger partial charge in [-0.05, 0) is 35.4 Å². The van der Waals surface area contributed by atoms with Gasteiger partial charge in [0.2, 0.25) is 0 Å². The van der Waals surface area contributed by atoms with E-state index in [-0.39, 0.29) is 0 Å². The van der Waals surface area contributed by atoms with Crippen LogP contribution in [-0.2, 0) is 6.42 Å². The van der Waals surface area contributed by atoms with Crippen LogP contribution in [0.1, 0.15) is 11.1 Å². The van der Waals surface area contributed by atoms with Gasteiger partial charge in [-0.1, -0.05) is 23.7 Å². The molecule has 1 aromatic heterocycles. The van der Waals surface area contributed by atoms with Crippen LogP contribution in [0, 0.1) is 0 Å². The van der Waals surface area contributed by atoms with E-state index in [0.717, 1.165) is 22.7 Å². The van der Waals surface area contributed by atoms with E-state index in [4.69, 9.17) is 11.6 Å². The van der Waals surface area contributed by atoms with E-state index in [0.29, 0.717) is 0 Å². The van der Waals surface area contributed by atoms with Gasteiger partial charge >= 0.3 is 0 Å². The molecule has 1 heterocycles. The highest BCUT2D eigenvalue weighted by Gasteiger charge is 2.05. The van der Waals surface area contributed by atoms with Crippen molar-refractivity contribution >= 4 is 40.2 Å². The summed E-state index contributed by atoms with van der Waals surface area (Å²) in [5.41, 5.74) is 3.26. The maximum Gasteiger partial charge on any atom is 0.0834 e. The zero-order valence-corrected chi connectivity index (χ0v) is 11.9. The summed E-state index contributed by atoms with van der Waals surface area (Å²) in [5.74, 6) is 0. The van der Waals surface area contributed by atoms with Crippen molar-refractivity contribution in [2.24, 2.45) is 3.21 Å². The van der Waals surface area contributed by atoms with Gasteiger partial charge in [-0.2, -0.15) is 0 Å². The summed E-state index contributed by atoms with van der Waals surface area (Å²) in [5, 5.41) is 0.731. The zero-order valence-electron chi connectivity index (χ0n) is 8.98. The number of nitrogens with zero attached hydrogens (tertiary/aromatic N) is 2. The van der Waals surface area contributed by atoms with Gasteiger partial charge in [-0.15, -0.1) is 0 Å². The van der Waals surface area contributed by atoms with E-state index in [1.54, 1.807) is 12.4 Å². The fraction of sp³-hybridized carbons (Fsp3) is 0.0769. The molecule has 2 aromatic rings. The van der Waals surface area contributed by atoms with Crippen molar-refractivity contribution < 1.29 is 0 Å². The number of pyridine rings is 1. The Morgan fingerprint density at radius 3 is 2.65 bits per heavy atom. The highest BCUT2D eigenvalue weighted by Crippen LogP contribution is 2.15. The summed E-state index contributed by atoms with van der Waals surface area (Å²) in [6.07, 6.45) is 4.36. The average Bonchev–Trinajstić information content (AvgIpc) is 2.37. The Kier molecular flexibility index (Phi) is 4.50. The molecule has 0 aliphatic carbocycles. The lowest BCUT2D eigenvalue weighted by Crippen LogP contribution is -2.04. The first-order valence-corrected chi connectivity index (χ1v) is 6.46. The second-order valence-corrected chi connectivity index (χ2v) is 4.49. The number of aromatic nitrogens is 1. The fourth-order valence-electron chi connectivity index (χ4n) is 1.54. The molecule has 0 fully saturated rings. The Balaban J connectivity index is 2.24. The first-order chi connectivity index (χ1) is 8.29. The van der Waals surface area contributed by atoms with Gasteiger partial charge in [0.15, 0.2) is 0 Å². The van der Waals surface area contributed by atoms with Crippen molar-refractivity contribution in [3.8, 4) is 0 Å². The van der Waals surface area contributed by atoms with E-state index in [1.165, 1.54) is 5.56 Å². The molecule has 2 nitrogen and oxygen atoms in total. The minimum absolute atomic E-state index is 0.731. The first kappa shape index (κ1) is 12.5. The molecule has 0 N–H and O–H groups in total. The van der Waals surface area contributed by atoms with Crippen molar-refractivity contribution in [2.75, 3.05) is 0 Å². The van der Waals surface area contributed by atoms with Gasteiger partial charge in [0, 0.05) is 23.8 Å². The smallest absolute Gasteiger partial charge is 0.0834 e. The Morgan fingerprint density at radius 2 is 2.00 bits per heavy atom. The predicted octanol–water partition coefficient (Wildman–Crippen LogP) is 4.12. The van der Waals surface area contributed by atoms with Crippen LogP contribution in [0.25, 0.3) is 0 Å². The average molecular weight is 357 g/mol. The number of hydrogen-bond acceptors (Lipinski definition) is 2. The quantitative estimate of drug-likeness (QED) is 0.600. The van der Waals surface area contributed by atoms with Crippen molar-refractivity contribution in [1.82, 2.24) is 4.98 Å². The summed E-state index contributed by atoms with van der Waals surface area (Å²) in [6.45, 7) is 0. The maximum atomic E-state index is 5.98. The third-order valence-electron chi connectivity index (χ3n) is 2.38. The first-order valence-electron chi connectivity index (χ1n) is 5.12. The molecule has 86 valence electrons. The van der Waals surface area contributed by atoms with Crippen LogP contribution in [-0.4, -0.2) is 10.7 Å². The van der Waals surface area contributed by atoms with Crippen molar-refractivity contribution in [3.05, 3.63) is 64.9 Å². The van der Waals surface area contributed by atoms with Crippen LogP contribution in [0.5, 0.6) is 0 Å². The van der Waals surface area contributed by atoms with E-state index < -0.39 is 0 Å². The molecule has 0 unspecified atom stereocenters. The monoisotopic (exact) mass is 356 g/mol. The third kappa shape index (κ3) is 3.51. The summed E-state index contributed by atoms with van der Waals surface area (Å²) in [4.78, 5) is 4.00. The third-order valence-corrected chi connectivity index (χ3v) is 3.20. The lowest BCUT2D eigenvalue weighted by molar-refractivity contribution is 1.24. The number of rotatable bonds is 3. The molecule has 0 saturated carbocycles. The maximum absolute atomic E-state index is 5.98. The number of benzene rings is 1. The van der Waals surface area contributed by atoms with Gasteiger partial charge in [-0.25, -0.2) is 3.21 Å². The van der Waals surface area contributed by atoms with E-state index in [9.17, 15) is 0 Å². The van der Waals surface area contributed by atoms with Crippen LogP contribution >= 0.6 is 34.5 Å². The highest BCUT2D eigenvalue weighted by atomic mass is 127. The molecule has 0 saturated heterocycles. The summed E-state index contributed by atoms with van der Waals surface area (Å²) < 4.78 is 4.30. The van der Waals surface area contributed by atoms with Crippen LogP contribution in [0.3, 0.4) is 0 Å². The Morgan fingerprint density at radius 1 is 1.24 bits per heavy atom. The molecule has 0 radical (unpaired) electrons. The molecule has 0 spiro atoms. The standard InChI is InChI=1S/C13H10ClIN2/c14-12-3-1-2-11(9-12)13(17-15)8-10-4-6-16-7-5-10/h1-7,9H,8H2. The molecule has 17 heavy (non-hydrogen) atoms. The number of halogens is 2. The van der Waals surface area contributed by atoms with Gasteiger partial charge in [0.05, 0.1) is 28.6 Å². The molecular weight excluding hydrogens is 347 g/mol. The zero-order chi connectivity index (χ0) is 12.1. The molecule has 0 aliphatic rings. The minimum Gasteiger partial charge on any atom is -0.265 e. The molecule has 1 aromatic carbocycles.